The lowest BCUT2D eigenvalue weighted by Crippen LogP contribution is -2.77. The van der Waals surface area contributed by atoms with E-state index in [9.17, 15) is 34.2 Å². The van der Waals surface area contributed by atoms with E-state index in [2.05, 4.69) is 0 Å². The molecule has 0 amide bonds. The van der Waals surface area contributed by atoms with Crippen LogP contribution < -0.4 is 0 Å². The van der Waals surface area contributed by atoms with Crippen LogP contribution in [0, 0.1) is 57.7 Å². The van der Waals surface area contributed by atoms with Gasteiger partial charge in [0.2, 0.25) is 11.6 Å². The molecule has 5 aliphatic carbocycles. The number of esters is 5. The summed E-state index contributed by atoms with van der Waals surface area (Å²) in [7, 11) is 0. The van der Waals surface area contributed by atoms with E-state index in [1.54, 1.807) is 13.8 Å². The van der Waals surface area contributed by atoms with Crippen molar-refractivity contribution in [3.8, 4) is 0 Å². The Labute approximate surface area is 313 Å². The minimum absolute atomic E-state index is 0.0264. The minimum Gasteiger partial charge on any atom is -0.462 e. The molecule has 0 radical (unpaired) electrons. The van der Waals surface area contributed by atoms with Gasteiger partial charge in [0.1, 0.15) is 36.1 Å². The molecular formula is C39H52O15. The number of carbonyl (C=O) groups is 6. The standard InChI is InChI=1S/C39H52O15/c1-14(2)11-22(43)52-32-27-20(51-27)13-38(47)30(44)28(49-17(5)41)23-19(35(32,38)8)12-21(48-16(4)40)34(7)24-15(3)31-39(53-31)36(9,37(10,46)33(45)54-39)26(24)29(25(23)34)50-18(6)42/h14-15,19-21,23-29,31-32,46-47H,11-13H2,1-10H3/t15?,19?,20-,21-,23?,24-,25+,26-,27-,28+,29+,31+,32-,34+,35-,36-,37+,38-,39-/m0/s1. The molecule has 3 saturated heterocycles. The Morgan fingerprint density at radius 2 is 1.52 bits per heavy atom. The van der Waals surface area contributed by atoms with E-state index in [0.29, 0.717) is 0 Å². The number of ether oxygens (including phenoxy) is 7. The summed E-state index contributed by atoms with van der Waals surface area (Å²) in [6.07, 6.45) is -6.81. The molecule has 8 fully saturated rings. The maximum absolute atomic E-state index is 15.1. The number of fused-ring (bicyclic) bond motifs is 9. The molecule has 0 aromatic carbocycles. The predicted molar refractivity (Wildman–Crippen MR) is 179 cm³/mol. The van der Waals surface area contributed by atoms with E-state index in [4.69, 9.17) is 33.2 Å². The van der Waals surface area contributed by atoms with Gasteiger partial charge in [-0.2, -0.15) is 0 Å². The highest BCUT2D eigenvalue weighted by molar-refractivity contribution is 5.95. The highest BCUT2D eigenvalue weighted by Gasteiger charge is 2.93. The van der Waals surface area contributed by atoms with Gasteiger partial charge < -0.3 is 43.4 Å². The van der Waals surface area contributed by atoms with Crippen LogP contribution in [-0.2, 0) is 61.9 Å². The summed E-state index contributed by atoms with van der Waals surface area (Å²) >= 11 is 0. The van der Waals surface area contributed by atoms with Gasteiger partial charge in [0.25, 0.3) is 0 Å². The maximum Gasteiger partial charge on any atom is 0.341 e. The van der Waals surface area contributed by atoms with E-state index in [1.807, 2.05) is 27.7 Å². The third-order valence-corrected chi connectivity index (χ3v) is 15.7. The molecular weight excluding hydrogens is 708 g/mol. The summed E-state index contributed by atoms with van der Waals surface area (Å²) in [6, 6.07) is 0. The maximum atomic E-state index is 15.1. The summed E-state index contributed by atoms with van der Waals surface area (Å²) in [6.45, 7) is 15.9. The molecule has 19 atom stereocenters. The van der Waals surface area contributed by atoms with Gasteiger partial charge in [0.15, 0.2) is 11.7 Å². The Morgan fingerprint density at radius 1 is 0.889 bits per heavy atom. The molecule has 0 bridgehead atoms. The average Bonchev–Trinajstić information content (AvgIpc) is 3.94. The number of Topliss-reactive ketones (excluding diaryl/α,β-unsaturated/α-hetero) is 1. The zero-order chi connectivity index (χ0) is 39.6. The topological polar surface area (TPSA) is 214 Å². The smallest absolute Gasteiger partial charge is 0.341 e. The quantitative estimate of drug-likeness (QED) is 0.224. The molecule has 1 spiro atoms. The van der Waals surface area contributed by atoms with Crippen molar-refractivity contribution in [3.63, 3.8) is 0 Å². The van der Waals surface area contributed by atoms with Crippen LogP contribution in [0.2, 0.25) is 0 Å². The molecule has 15 nitrogen and oxygen atoms in total. The van der Waals surface area contributed by atoms with Gasteiger partial charge in [-0.25, -0.2) is 4.79 Å². The van der Waals surface area contributed by atoms with Gasteiger partial charge in [-0.15, -0.1) is 0 Å². The van der Waals surface area contributed by atoms with Crippen molar-refractivity contribution in [1.82, 2.24) is 0 Å². The molecule has 8 rings (SSSR count). The third-order valence-electron chi connectivity index (χ3n) is 15.7. The van der Waals surface area contributed by atoms with E-state index in [1.165, 1.54) is 20.8 Å². The Balaban J connectivity index is 1.38. The normalized spacial score (nSPS) is 54.3. The number of carbonyl (C=O) groups excluding carboxylic acids is 6. The number of aliphatic hydroxyl groups is 2. The van der Waals surface area contributed by atoms with Crippen LogP contribution in [0.3, 0.4) is 0 Å². The van der Waals surface area contributed by atoms with Crippen molar-refractivity contribution in [3.05, 3.63) is 0 Å². The van der Waals surface area contributed by atoms with Crippen molar-refractivity contribution < 1.29 is 72.1 Å². The molecule has 3 unspecified atom stereocenters. The van der Waals surface area contributed by atoms with E-state index in [0.717, 1.165) is 6.92 Å². The second-order valence-corrected chi connectivity index (χ2v) is 18.7. The number of ketones is 1. The van der Waals surface area contributed by atoms with Gasteiger partial charge in [-0.1, -0.05) is 34.6 Å². The lowest BCUT2D eigenvalue weighted by atomic mass is 9.40. The van der Waals surface area contributed by atoms with Gasteiger partial charge in [-0.05, 0) is 43.9 Å². The van der Waals surface area contributed by atoms with Crippen LogP contribution in [0.25, 0.3) is 0 Å². The first-order chi connectivity index (χ1) is 24.9. The molecule has 5 saturated carbocycles. The summed E-state index contributed by atoms with van der Waals surface area (Å²) < 4.78 is 42.9. The summed E-state index contributed by atoms with van der Waals surface area (Å²) in [5.41, 5.74) is -8.64. The van der Waals surface area contributed by atoms with Crippen LogP contribution >= 0.6 is 0 Å². The Morgan fingerprint density at radius 3 is 2.11 bits per heavy atom. The molecule has 0 aromatic heterocycles. The van der Waals surface area contributed by atoms with Gasteiger partial charge in [0.05, 0.1) is 11.5 Å². The summed E-state index contributed by atoms with van der Waals surface area (Å²) in [5.74, 6) is -10.6. The summed E-state index contributed by atoms with van der Waals surface area (Å²) in [4.78, 5) is 81.4. The minimum atomic E-state index is -2.22. The highest BCUT2D eigenvalue weighted by atomic mass is 16.8. The fourth-order valence-corrected chi connectivity index (χ4v) is 13.4. The zero-order valence-electron chi connectivity index (χ0n) is 32.4. The highest BCUT2D eigenvalue weighted by Crippen LogP contribution is 2.81. The number of hydrogen-bond donors (Lipinski definition) is 2. The first-order valence-electron chi connectivity index (χ1n) is 19.2. The van der Waals surface area contributed by atoms with E-state index >= 15 is 4.79 Å². The predicted octanol–water partition coefficient (Wildman–Crippen LogP) is 1.79. The molecule has 0 aromatic rings. The molecule has 8 aliphatic rings. The molecule has 3 aliphatic heterocycles. The van der Waals surface area contributed by atoms with Crippen molar-refractivity contribution >= 4 is 35.6 Å². The number of epoxide rings is 2. The lowest BCUT2D eigenvalue weighted by Gasteiger charge is -2.65. The van der Waals surface area contributed by atoms with Crippen LogP contribution in [0.5, 0.6) is 0 Å². The largest absolute Gasteiger partial charge is 0.462 e. The number of rotatable bonds is 6. The van der Waals surface area contributed by atoms with Crippen molar-refractivity contribution in [2.45, 2.75) is 148 Å². The Hall–Kier alpha value is -3.14. The first-order valence-corrected chi connectivity index (χ1v) is 19.2. The monoisotopic (exact) mass is 760 g/mol. The van der Waals surface area contributed by atoms with Gasteiger partial charge in [-0.3, -0.25) is 24.0 Å². The van der Waals surface area contributed by atoms with Crippen LogP contribution in [0.1, 0.15) is 88.5 Å². The van der Waals surface area contributed by atoms with Gasteiger partial charge in [0, 0.05) is 62.2 Å². The van der Waals surface area contributed by atoms with Crippen molar-refractivity contribution in [2.24, 2.45) is 57.7 Å². The summed E-state index contributed by atoms with van der Waals surface area (Å²) in [5, 5.41) is 24.9. The van der Waals surface area contributed by atoms with Crippen LogP contribution in [0.15, 0.2) is 0 Å². The van der Waals surface area contributed by atoms with Crippen LogP contribution in [0.4, 0.5) is 0 Å². The fraction of sp³-hybridized carbons (Fsp3) is 0.846. The van der Waals surface area contributed by atoms with Crippen molar-refractivity contribution in [2.75, 3.05) is 0 Å². The van der Waals surface area contributed by atoms with Gasteiger partial charge >= 0.3 is 29.8 Å². The fourth-order valence-electron chi connectivity index (χ4n) is 13.4. The molecule has 298 valence electrons. The average molecular weight is 761 g/mol. The third kappa shape index (κ3) is 4.33. The molecule has 54 heavy (non-hydrogen) atoms. The molecule has 15 heteroatoms. The van der Waals surface area contributed by atoms with E-state index in [-0.39, 0.29) is 25.2 Å². The Kier molecular flexibility index (Phi) is 7.87. The zero-order valence-corrected chi connectivity index (χ0v) is 32.4. The molecule has 3 heterocycles. The second kappa shape index (κ2) is 11.3. The number of hydrogen-bond acceptors (Lipinski definition) is 15. The lowest BCUT2D eigenvalue weighted by molar-refractivity contribution is -0.270. The molecule has 2 N–H and O–H groups in total. The van der Waals surface area contributed by atoms with Crippen molar-refractivity contribution in [1.29, 1.82) is 0 Å². The van der Waals surface area contributed by atoms with Crippen LogP contribution in [-0.4, -0.2) is 106 Å². The first kappa shape index (κ1) is 37.8. The Bertz CT molecular complexity index is 1740. The SMILES string of the molecule is CC(=O)O[C@H]1[C@@H]2[C@H](C(C)[C@H]3O[C@]34OC(=O)[C@@](C)(O)[C@]24C)[C@@]2(C)[C@@H](OC(C)=O)CC3C([C@H]12)[C@@H](OC(C)=O)C(=O)[C@@]1(O)C[C@@H]2O[C@@H]2[C@H](OC(=O)CC(C)C)[C@]31C. The second-order valence-electron chi connectivity index (χ2n) is 18.7. The van der Waals surface area contributed by atoms with E-state index < -0.39 is 147 Å².